The van der Waals surface area contributed by atoms with E-state index in [9.17, 15) is 5.11 Å². The summed E-state index contributed by atoms with van der Waals surface area (Å²) in [6, 6.07) is 8.72. The minimum absolute atomic E-state index is 0.118. The van der Waals surface area contributed by atoms with Gasteiger partial charge >= 0.3 is 0 Å². The summed E-state index contributed by atoms with van der Waals surface area (Å²) in [5.74, 6) is 0. The Kier molecular flexibility index (Phi) is 4.02. The Bertz CT molecular complexity index is 359. The van der Waals surface area contributed by atoms with Crippen molar-refractivity contribution >= 4 is 5.69 Å². The molecule has 0 aliphatic carbocycles. The molecule has 1 aromatic rings. The number of likely N-dealkylation sites (tertiary alicyclic amines) is 1. The SMILES string of the molecule is CN1CCC(N(C)c2ccccc2CO)CC1. The number of piperidine rings is 1. The van der Waals surface area contributed by atoms with Crippen molar-refractivity contribution in [1.29, 1.82) is 0 Å². The van der Waals surface area contributed by atoms with E-state index in [-0.39, 0.29) is 6.61 Å². The maximum Gasteiger partial charge on any atom is 0.0702 e. The third kappa shape index (κ3) is 2.79. The predicted molar refractivity (Wildman–Crippen MR) is 71.3 cm³/mol. The Balaban J connectivity index is 2.10. The minimum atomic E-state index is 0.118. The first-order chi connectivity index (χ1) is 8.22. The van der Waals surface area contributed by atoms with Gasteiger partial charge in [-0.15, -0.1) is 0 Å². The first-order valence-electron chi connectivity index (χ1n) is 6.32. The van der Waals surface area contributed by atoms with Crippen LogP contribution in [0.25, 0.3) is 0 Å². The van der Waals surface area contributed by atoms with Crippen molar-refractivity contribution in [3.8, 4) is 0 Å². The molecule has 1 heterocycles. The summed E-state index contributed by atoms with van der Waals surface area (Å²) >= 11 is 0. The topological polar surface area (TPSA) is 26.7 Å². The summed E-state index contributed by atoms with van der Waals surface area (Å²) in [6.45, 7) is 2.44. The van der Waals surface area contributed by atoms with Gasteiger partial charge < -0.3 is 14.9 Å². The first-order valence-corrected chi connectivity index (χ1v) is 6.32. The zero-order chi connectivity index (χ0) is 12.3. The summed E-state index contributed by atoms with van der Waals surface area (Å²) in [6.07, 6.45) is 2.40. The van der Waals surface area contributed by atoms with Crippen LogP contribution in [0.4, 0.5) is 5.69 Å². The van der Waals surface area contributed by atoms with E-state index in [1.54, 1.807) is 0 Å². The van der Waals surface area contributed by atoms with E-state index >= 15 is 0 Å². The average Bonchev–Trinajstić information content (AvgIpc) is 2.39. The monoisotopic (exact) mass is 234 g/mol. The van der Waals surface area contributed by atoms with Crippen LogP contribution in [-0.2, 0) is 6.61 Å². The van der Waals surface area contributed by atoms with Crippen LogP contribution in [0.3, 0.4) is 0 Å². The van der Waals surface area contributed by atoms with Crippen LogP contribution in [0.15, 0.2) is 24.3 Å². The highest BCUT2D eigenvalue weighted by atomic mass is 16.3. The Morgan fingerprint density at radius 1 is 1.29 bits per heavy atom. The molecule has 1 saturated heterocycles. The molecule has 3 nitrogen and oxygen atoms in total. The zero-order valence-corrected chi connectivity index (χ0v) is 10.8. The van der Waals surface area contributed by atoms with Gasteiger partial charge in [-0.05, 0) is 39.0 Å². The lowest BCUT2D eigenvalue weighted by molar-refractivity contribution is 0.251. The Morgan fingerprint density at radius 2 is 1.94 bits per heavy atom. The van der Waals surface area contributed by atoms with Crippen molar-refractivity contribution in [2.75, 3.05) is 32.1 Å². The number of hydrogen-bond acceptors (Lipinski definition) is 3. The minimum Gasteiger partial charge on any atom is -0.392 e. The molecule has 0 aromatic heterocycles. The maximum atomic E-state index is 9.37. The highest BCUT2D eigenvalue weighted by Gasteiger charge is 2.21. The van der Waals surface area contributed by atoms with E-state index in [1.165, 1.54) is 18.5 Å². The second-order valence-electron chi connectivity index (χ2n) is 4.93. The molecule has 94 valence electrons. The van der Waals surface area contributed by atoms with Crippen LogP contribution in [0.2, 0.25) is 0 Å². The fourth-order valence-corrected chi connectivity index (χ4v) is 2.57. The van der Waals surface area contributed by atoms with Gasteiger partial charge in [0.1, 0.15) is 0 Å². The van der Waals surface area contributed by atoms with Gasteiger partial charge in [-0.25, -0.2) is 0 Å². The third-order valence-corrected chi connectivity index (χ3v) is 3.78. The lowest BCUT2D eigenvalue weighted by Gasteiger charge is -2.37. The van der Waals surface area contributed by atoms with E-state index in [1.807, 2.05) is 18.2 Å². The quantitative estimate of drug-likeness (QED) is 0.862. The summed E-state index contributed by atoms with van der Waals surface area (Å²) in [5, 5.41) is 9.37. The second kappa shape index (κ2) is 5.52. The fourth-order valence-electron chi connectivity index (χ4n) is 2.57. The van der Waals surface area contributed by atoms with E-state index in [0.29, 0.717) is 6.04 Å². The largest absolute Gasteiger partial charge is 0.392 e. The van der Waals surface area contributed by atoms with E-state index < -0.39 is 0 Å². The van der Waals surface area contributed by atoms with Crippen LogP contribution in [0, 0.1) is 0 Å². The Morgan fingerprint density at radius 3 is 2.59 bits per heavy atom. The van der Waals surface area contributed by atoms with Crippen LogP contribution >= 0.6 is 0 Å². The summed E-state index contributed by atoms with van der Waals surface area (Å²) in [5.41, 5.74) is 2.19. The molecule has 0 atom stereocenters. The molecule has 0 unspecified atom stereocenters. The molecular formula is C14H22N2O. The molecule has 0 amide bonds. The Labute approximate surface area is 104 Å². The molecule has 1 aliphatic rings. The molecule has 0 radical (unpaired) electrons. The number of anilines is 1. The molecule has 1 aliphatic heterocycles. The van der Waals surface area contributed by atoms with Gasteiger partial charge in [0, 0.05) is 24.3 Å². The molecule has 0 bridgehead atoms. The third-order valence-electron chi connectivity index (χ3n) is 3.78. The second-order valence-corrected chi connectivity index (χ2v) is 4.93. The van der Waals surface area contributed by atoms with Gasteiger partial charge in [0.2, 0.25) is 0 Å². The van der Waals surface area contributed by atoms with Gasteiger partial charge in [-0.3, -0.25) is 0 Å². The van der Waals surface area contributed by atoms with Gasteiger partial charge in [-0.2, -0.15) is 0 Å². The smallest absolute Gasteiger partial charge is 0.0702 e. The van der Waals surface area contributed by atoms with E-state index in [4.69, 9.17) is 0 Å². The molecule has 1 fully saturated rings. The summed E-state index contributed by atoms with van der Waals surface area (Å²) in [4.78, 5) is 4.71. The predicted octanol–water partition coefficient (Wildman–Crippen LogP) is 1.71. The van der Waals surface area contributed by atoms with E-state index in [2.05, 4.69) is 30.0 Å². The molecule has 1 aromatic carbocycles. The number of nitrogens with zero attached hydrogens (tertiary/aromatic N) is 2. The van der Waals surface area contributed by atoms with Gasteiger partial charge in [0.25, 0.3) is 0 Å². The van der Waals surface area contributed by atoms with Crippen molar-refractivity contribution in [3.05, 3.63) is 29.8 Å². The molecule has 0 saturated carbocycles. The number of para-hydroxylation sites is 1. The zero-order valence-electron chi connectivity index (χ0n) is 10.8. The van der Waals surface area contributed by atoms with Crippen LogP contribution in [-0.4, -0.2) is 43.2 Å². The lowest BCUT2D eigenvalue weighted by atomic mass is 10.0. The summed E-state index contributed by atoms with van der Waals surface area (Å²) in [7, 11) is 4.32. The lowest BCUT2D eigenvalue weighted by Crippen LogP contribution is -2.42. The molecular weight excluding hydrogens is 212 g/mol. The summed E-state index contributed by atoms with van der Waals surface area (Å²) < 4.78 is 0. The number of hydrogen-bond donors (Lipinski definition) is 1. The van der Waals surface area contributed by atoms with Crippen molar-refractivity contribution < 1.29 is 5.11 Å². The highest BCUT2D eigenvalue weighted by molar-refractivity contribution is 5.53. The standard InChI is InChI=1S/C14H22N2O/c1-15-9-7-13(8-10-15)16(2)14-6-4-3-5-12(14)11-17/h3-6,13,17H,7-11H2,1-2H3. The van der Waals surface area contributed by atoms with Crippen LogP contribution in [0.5, 0.6) is 0 Å². The van der Waals surface area contributed by atoms with Crippen molar-refractivity contribution in [2.24, 2.45) is 0 Å². The van der Waals surface area contributed by atoms with Crippen LogP contribution < -0.4 is 4.90 Å². The van der Waals surface area contributed by atoms with E-state index in [0.717, 1.165) is 18.7 Å². The molecule has 0 spiro atoms. The van der Waals surface area contributed by atoms with Gasteiger partial charge in [0.05, 0.1) is 6.61 Å². The van der Waals surface area contributed by atoms with Crippen molar-refractivity contribution in [1.82, 2.24) is 4.90 Å². The molecule has 1 N–H and O–H groups in total. The number of aliphatic hydroxyl groups is 1. The number of benzene rings is 1. The van der Waals surface area contributed by atoms with Gasteiger partial charge in [0.15, 0.2) is 0 Å². The number of rotatable bonds is 3. The fraction of sp³-hybridized carbons (Fsp3) is 0.571. The highest BCUT2D eigenvalue weighted by Crippen LogP contribution is 2.25. The molecule has 17 heavy (non-hydrogen) atoms. The van der Waals surface area contributed by atoms with Crippen molar-refractivity contribution in [2.45, 2.75) is 25.5 Å². The normalized spacial score (nSPS) is 18.3. The average molecular weight is 234 g/mol. The molecule has 3 heteroatoms. The molecule has 2 rings (SSSR count). The van der Waals surface area contributed by atoms with Crippen LogP contribution in [0.1, 0.15) is 18.4 Å². The maximum absolute atomic E-state index is 9.37. The van der Waals surface area contributed by atoms with Crippen molar-refractivity contribution in [3.63, 3.8) is 0 Å². The first kappa shape index (κ1) is 12.4. The Hall–Kier alpha value is -1.06. The number of aliphatic hydroxyl groups excluding tert-OH is 1. The van der Waals surface area contributed by atoms with Gasteiger partial charge in [-0.1, -0.05) is 18.2 Å².